The largest absolute Gasteiger partial charge is 0.419 e. The molecule has 0 saturated carbocycles. The number of nitrogens with zero attached hydrogens (tertiary/aromatic N) is 3. The standard InChI is InChI=1S/C12H16BrF3N4/c1-19-2-3-20(9(5-17)7-19)11-10(12(14,15)16)4-8(13)6-18-11/h4,6,9H,2-3,5,7,17H2,1H3. The van der Waals surface area contributed by atoms with Gasteiger partial charge in [-0.15, -0.1) is 0 Å². The predicted molar refractivity (Wildman–Crippen MR) is 74.6 cm³/mol. The van der Waals surface area contributed by atoms with Crippen molar-refractivity contribution < 1.29 is 13.2 Å². The summed E-state index contributed by atoms with van der Waals surface area (Å²) in [6.45, 7) is 2.09. The summed E-state index contributed by atoms with van der Waals surface area (Å²) in [6, 6.07) is 0.900. The molecular weight excluding hydrogens is 337 g/mol. The van der Waals surface area contributed by atoms with E-state index >= 15 is 0 Å². The molecule has 0 aromatic carbocycles. The number of rotatable bonds is 2. The van der Waals surface area contributed by atoms with Gasteiger partial charge < -0.3 is 15.5 Å². The van der Waals surface area contributed by atoms with Gasteiger partial charge in [0.25, 0.3) is 0 Å². The van der Waals surface area contributed by atoms with E-state index in [0.717, 1.165) is 6.07 Å². The smallest absolute Gasteiger partial charge is 0.349 e. The number of anilines is 1. The van der Waals surface area contributed by atoms with E-state index in [4.69, 9.17) is 5.73 Å². The van der Waals surface area contributed by atoms with Crippen LogP contribution in [-0.4, -0.2) is 49.2 Å². The second-order valence-corrected chi connectivity index (χ2v) is 5.78. The molecule has 0 aliphatic carbocycles. The summed E-state index contributed by atoms with van der Waals surface area (Å²) in [5.41, 5.74) is 4.97. The van der Waals surface area contributed by atoms with E-state index in [1.54, 1.807) is 4.90 Å². The molecule has 1 aliphatic rings. The van der Waals surface area contributed by atoms with Crippen molar-refractivity contribution in [3.63, 3.8) is 0 Å². The minimum absolute atomic E-state index is 0.0377. The van der Waals surface area contributed by atoms with Gasteiger partial charge in [-0.2, -0.15) is 13.2 Å². The van der Waals surface area contributed by atoms with Crippen molar-refractivity contribution in [2.75, 3.05) is 38.1 Å². The zero-order valence-corrected chi connectivity index (χ0v) is 12.6. The first-order valence-electron chi connectivity index (χ1n) is 6.21. The van der Waals surface area contributed by atoms with E-state index in [9.17, 15) is 13.2 Å². The Morgan fingerprint density at radius 3 is 2.75 bits per heavy atom. The molecule has 1 aromatic rings. The lowest BCUT2D eigenvalue weighted by Crippen LogP contribution is -2.55. The number of hydrogen-bond donors (Lipinski definition) is 1. The number of piperazine rings is 1. The van der Waals surface area contributed by atoms with Crippen molar-refractivity contribution in [1.82, 2.24) is 9.88 Å². The third kappa shape index (κ3) is 3.24. The van der Waals surface area contributed by atoms with Gasteiger partial charge in [-0.25, -0.2) is 4.98 Å². The Labute approximate surface area is 123 Å². The van der Waals surface area contributed by atoms with Crippen molar-refractivity contribution in [3.8, 4) is 0 Å². The minimum atomic E-state index is -4.44. The molecule has 0 radical (unpaired) electrons. The lowest BCUT2D eigenvalue weighted by Gasteiger charge is -2.41. The van der Waals surface area contributed by atoms with E-state index < -0.39 is 11.7 Å². The highest BCUT2D eigenvalue weighted by atomic mass is 79.9. The van der Waals surface area contributed by atoms with Gasteiger partial charge in [0.1, 0.15) is 5.82 Å². The molecule has 0 bridgehead atoms. The number of alkyl halides is 3. The van der Waals surface area contributed by atoms with Gasteiger partial charge in [-0.3, -0.25) is 0 Å². The highest BCUT2D eigenvalue weighted by Gasteiger charge is 2.38. The monoisotopic (exact) mass is 352 g/mol. The average Bonchev–Trinajstić information content (AvgIpc) is 2.38. The lowest BCUT2D eigenvalue weighted by molar-refractivity contribution is -0.137. The molecular formula is C12H16BrF3N4. The minimum Gasteiger partial charge on any atom is -0.349 e. The number of nitrogens with two attached hydrogens (primary N) is 1. The molecule has 2 N–H and O–H groups in total. The SMILES string of the molecule is CN1CCN(c2ncc(Br)cc2C(F)(F)F)C(CN)C1. The lowest BCUT2D eigenvalue weighted by atomic mass is 10.1. The first-order valence-corrected chi connectivity index (χ1v) is 7.00. The van der Waals surface area contributed by atoms with Gasteiger partial charge in [0.2, 0.25) is 0 Å². The number of hydrogen-bond acceptors (Lipinski definition) is 4. The van der Waals surface area contributed by atoms with Crippen molar-refractivity contribution in [2.45, 2.75) is 12.2 Å². The number of halogens is 4. The summed E-state index contributed by atoms with van der Waals surface area (Å²) >= 11 is 3.04. The molecule has 8 heteroatoms. The Morgan fingerprint density at radius 2 is 2.15 bits per heavy atom. The second-order valence-electron chi connectivity index (χ2n) is 4.87. The zero-order chi connectivity index (χ0) is 14.9. The first kappa shape index (κ1) is 15.5. The maximum absolute atomic E-state index is 13.2. The van der Waals surface area contributed by atoms with Gasteiger partial charge >= 0.3 is 6.18 Å². The van der Waals surface area contributed by atoms with Gasteiger partial charge in [0.05, 0.1) is 11.6 Å². The Balaban J connectivity index is 2.41. The molecule has 20 heavy (non-hydrogen) atoms. The molecule has 1 atom stereocenters. The van der Waals surface area contributed by atoms with Crippen LogP contribution in [0.15, 0.2) is 16.7 Å². The van der Waals surface area contributed by atoms with Crippen molar-refractivity contribution >= 4 is 21.7 Å². The normalized spacial score (nSPS) is 21.3. The molecule has 2 rings (SSSR count). The number of aromatic nitrogens is 1. The van der Waals surface area contributed by atoms with Crippen LogP contribution >= 0.6 is 15.9 Å². The molecule has 1 saturated heterocycles. The van der Waals surface area contributed by atoms with E-state index in [1.807, 2.05) is 7.05 Å². The van der Waals surface area contributed by atoms with E-state index in [1.165, 1.54) is 6.20 Å². The first-order chi connectivity index (χ1) is 9.32. The summed E-state index contributed by atoms with van der Waals surface area (Å²) in [5, 5.41) is 0. The topological polar surface area (TPSA) is 45.4 Å². The third-order valence-corrected chi connectivity index (χ3v) is 3.80. The summed E-state index contributed by atoms with van der Waals surface area (Å²) in [4.78, 5) is 7.69. The third-order valence-electron chi connectivity index (χ3n) is 3.37. The molecule has 4 nitrogen and oxygen atoms in total. The van der Waals surface area contributed by atoms with E-state index in [2.05, 4.69) is 25.8 Å². The van der Waals surface area contributed by atoms with Crippen molar-refractivity contribution in [1.29, 1.82) is 0 Å². The summed E-state index contributed by atoms with van der Waals surface area (Å²) in [7, 11) is 1.93. The fraction of sp³-hybridized carbons (Fsp3) is 0.583. The molecule has 1 aliphatic heterocycles. The maximum atomic E-state index is 13.2. The summed E-state index contributed by atoms with van der Waals surface area (Å²) in [6.07, 6.45) is -3.05. The summed E-state index contributed by atoms with van der Waals surface area (Å²) in [5.74, 6) is -0.0377. The van der Waals surface area contributed by atoms with Crippen LogP contribution in [0, 0.1) is 0 Å². The second kappa shape index (κ2) is 5.87. The zero-order valence-electron chi connectivity index (χ0n) is 11.0. The van der Waals surface area contributed by atoms with Crippen molar-refractivity contribution in [2.24, 2.45) is 5.73 Å². The fourth-order valence-corrected chi connectivity index (χ4v) is 2.69. The fourth-order valence-electron chi connectivity index (χ4n) is 2.36. The molecule has 2 heterocycles. The van der Waals surface area contributed by atoms with Gasteiger partial charge in [0, 0.05) is 36.8 Å². The van der Waals surface area contributed by atoms with Crippen LogP contribution in [0.2, 0.25) is 0 Å². The predicted octanol–water partition coefficient (Wildman–Crippen LogP) is 1.94. The quantitative estimate of drug-likeness (QED) is 0.883. The molecule has 0 amide bonds. The van der Waals surface area contributed by atoms with Gasteiger partial charge in [-0.1, -0.05) is 0 Å². The Hall–Kier alpha value is -0.860. The Morgan fingerprint density at radius 1 is 1.45 bits per heavy atom. The van der Waals surface area contributed by atoms with Crippen LogP contribution < -0.4 is 10.6 Å². The van der Waals surface area contributed by atoms with E-state index in [-0.39, 0.29) is 11.9 Å². The van der Waals surface area contributed by atoms with Crippen LogP contribution in [-0.2, 0) is 6.18 Å². The molecule has 0 spiro atoms. The summed E-state index contributed by atoms with van der Waals surface area (Å²) < 4.78 is 39.8. The van der Waals surface area contributed by atoms with Crippen LogP contribution in [0.4, 0.5) is 19.0 Å². The number of likely N-dealkylation sites (N-methyl/N-ethyl adjacent to an activating group) is 1. The highest BCUT2D eigenvalue weighted by molar-refractivity contribution is 9.10. The van der Waals surface area contributed by atoms with Crippen molar-refractivity contribution in [3.05, 3.63) is 22.3 Å². The van der Waals surface area contributed by atoms with Crippen LogP contribution in [0.5, 0.6) is 0 Å². The van der Waals surface area contributed by atoms with E-state index in [0.29, 0.717) is 30.7 Å². The van der Waals surface area contributed by atoms with Crippen LogP contribution in [0.1, 0.15) is 5.56 Å². The maximum Gasteiger partial charge on any atom is 0.419 e. The van der Waals surface area contributed by atoms with Crippen LogP contribution in [0.25, 0.3) is 0 Å². The van der Waals surface area contributed by atoms with Gasteiger partial charge in [-0.05, 0) is 29.0 Å². The molecule has 1 fully saturated rings. The average molecular weight is 353 g/mol. The Kier molecular flexibility index (Phi) is 4.55. The molecule has 1 aromatic heterocycles. The highest BCUT2D eigenvalue weighted by Crippen LogP contribution is 2.37. The molecule has 1 unspecified atom stereocenters. The van der Waals surface area contributed by atoms with Crippen LogP contribution in [0.3, 0.4) is 0 Å². The Bertz CT molecular complexity index is 480. The molecule has 112 valence electrons. The van der Waals surface area contributed by atoms with Gasteiger partial charge in [0.15, 0.2) is 0 Å². The number of pyridine rings is 1.